The zero-order chi connectivity index (χ0) is 15.5. The number of aryl methyl sites for hydroxylation is 1. The molecule has 4 heteroatoms. The Morgan fingerprint density at radius 1 is 1.24 bits per heavy atom. The number of aromatic nitrogens is 2. The summed E-state index contributed by atoms with van der Waals surface area (Å²) in [5.41, 5.74) is 8.47. The van der Waals surface area contributed by atoms with Gasteiger partial charge < -0.3 is 10.5 Å². The van der Waals surface area contributed by atoms with Gasteiger partial charge in [-0.25, -0.2) is 0 Å². The highest BCUT2D eigenvalue weighted by molar-refractivity contribution is 5.82. The third kappa shape index (κ3) is 2.83. The highest BCUT2D eigenvalue weighted by atomic mass is 16.5. The van der Waals surface area contributed by atoms with Crippen molar-refractivity contribution in [1.29, 1.82) is 0 Å². The molecular weight excluding hydrogens is 262 g/mol. The van der Waals surface area contributed by atoms with Gasteiger partial charge >= 0.3 is 0 Å². The fourth-order valence-electron chi connectivity index (χ4n) is 3.20. The third-order valence-corrected chi connectivity index (χ3v) is 4.73. The van der Waals surface area contributed by atoms with E-state index in [2.05, 4.69) is 45.0 Å². The van der Waals surface area contributed by atoms with Crippen LogP contribution >= 0.6 is 0 Å². The summed E-state index contributed by atoms with van der Waals surface area (Å²) in [5, 5.41) is 5.95. The highest BCUT2D eigenvalue weighted by Crippen LogP contribution is 2.27. The molecule has 4 nitrogen and oxygen atoms in total. The molecule has 116 valence electrons. The minimum atomic E-state index is -0.267. The van der Waals surface area contributed by atoms with E-state index in [0.717, 1.165) is 31.5 Å². The Bertz CT molecular complexity index is 578. The van der Waals surface area contributed by atoms with Crippen LogP contribution in [0.4, 0.5) is 0 Å². The third-order valence-electron chi connectivity index (χ3n) is 4.73. The van der Waals surface area contributed by atoms with Crippen molar-refractivity contribution >= 4 is 10.9 Å². The Morgan fingerprint density at radius 3 is 2.48 bits per heavy atom. The molecule has 2 rings (SSSR count). The normalized spacial score (nSPS) is 13.8. The second-order valence-electron chi connectivity index (χ2n) is 5.57. The number of ether oxygens (including phenoxy) is 1. The average molecular weight is 289 g/mol. The van der Waals surface area contributed by atoms with Crippen LogP contribution in [0.3, 0.4) is 0 Å². The maximum absolute atomic E-state index is 6.48. The number of methoxy groups -OCH3 is 1. The van der Waals surface area contributed by atoms with Gasteiger partial charge in [-0.05, 0) is 25.8 Å². The number of hydrogen-bond acceptors (Lipinski definition) is 3. The van der Waals surface area contributed by atoms with Gasteiger partial charge in [0.1, 0.15) is 0 Å². The highest BCUT2D eigenvalue weighted by Gasteiger charge is 2.34. The molecule has 1 aromatic carbocycles. The Labute approximate surface area is 127 Å². The van der Waals surface area contributed by atoms with E-state index in [4.69, 9.17) is 15.6 Å². The van der Waals surface area contributed by atoms with Crippen molar-refractivity contribution in [2.24, 2.45) is 5.73 Å². The number of fused-ring (bicyclic) bond motifs is 1. The second-order valence-corrected chi connectivity index (χ2v) is 5.57. The lowest BCUT2D eigenvalue weighted by Crippen LogP contribution is -2.50. The summed E-state index contributed by atoms with van der Waals surface area (Å²) in [4.78, 5) is 0. The quantitative estimate of drug-likeness (QED) is 0.852. The van der Waals surface area contributed by atoms with E-state index in [1.165, 1.54) is 10.9 Å². The van der Waals surface area contributed by atoms with Crippen molar-refractivity contribution in [2.75, 3.05) is 7.11 Å². The minimum absolute atomic E-state index is 0.0545. The molecule has 2 aromatic rings. The van der Waals surface area contributed by atoms with Crippen molar-refractivity contribution in [3.05, 3.63) is 30.0 Å². The summed E-state index contributed by atoms with van der Waals surface area (Å²) in [5.74, 6) is 0. The fraction of sp³-hybridized carbons (Fsp3) is 0.588. The van der Waals surface area contributed by atoms with Crippen molar-refractivity contribution in [3.63, 3.8) is 0 Å². The second kappa shape index (κ2) is 6.58. The standard InChI is InChI=1S/C17H27N3O/c1-5-17(6-2,21-4)16(18)12-14-13-10-8-9-11-15(13)20(7-3)19-14/h8-11,16H,5-7,12,18H2,1-4H3. The topological polar surface area (TPSA) is 53.1 Å². The van der Waals surface area contributed by atoms with Crippen LogP contribution in [0.25, 0.3) is 10.9 Å². The summed E-state index contributed by atoms with van der Waals surface area (Å²) < 4.78 is 7.80. The smallest absolute Gasteiger partial charge is 0.0827 e. The number of nitrogens with zero attached hydrogens (tertiary/aromatic N) is 2. The maximum Gasteiger partial charge on any atom is 0.0827 e. The molecule has 0 saturated carbocycles. The lowest BCUT2D eigenvalue weighted by atomic mass is 9.85. The van der Waals surface area contributed by atoms with Crippen molar-refractivity contribution in [1.82, 2.24) is 9.78 Å². The zero-order valence-corrected chi connectivity index (χ0v) is 13.6. The van der Waals surface area contributed by atoms with E-state index in [0.29, 0.717) is 0 Å². The van der Waals surface area contributed by atoms with Gasteiger partial charge in [-0.15, -0.1) is 0 Å². The van der Waals surface area contributed by atoms with Crippen molar-refractivity contribution < 1.29 is 4.74 Å². The van der Waals surface area contributed by atoms with E-state index >= 15 is 0 Å². The molecule has 0 saturated heterocycles. The van der Waals surface area contributed by atoms with E-state index in [1.54, 1.807) is 7.11 Å². The van der Waals surface area contributed by atoms with Gasteiger partial charge in [0.05, 0.1) is 16.8 Å². The van der Waals surface area contributed by atoms with E-state index in [-0.39, 0.29) is 11.6 Å². The fourth-order valence-corrected chi connectivity index (χ4v) is 3.20. The van der Waals surface area contributed by atoms with E-state index in [9.17, 15) is 0 Å². The number of benzene rings is 1. The van der Waals surface area contributed by atoms with Crippen LogP contribution in [0.2, 0.25) is 0 Å². The number of rotatable bonds is 7. The van der Waals surface area contributed by atoms with Crippen molar-refractivity contribution in [3.8, 4) is 0 Å². The van der Waals surface area contributed by atoms with E-state index < -0.39 is 0 Å². The minimum Gasteiger partial charge on any atom is -0.377 e. The number of para-hydroxylation sites is 1. The van der Waals surface area contributed by atoms with Crippen LogP contribution in [0.5, 0.6) is 0 Å². The van der Waals surface area contributed by atoms with Crippen LogP contribution in [0.1, 0.15) is 39.3 Å². The summed E-state index contributed by atoms with van der Waals surface area (Å²) in [7, 11) is 1.76. The predicted molar refractivity (Wildman–Crippen MR) is 87.4 cm³/mol. The van der Waals surface area contributed by atoms with E-state index in [1.807, 2.05) is 4.68 Å². The molecule has 2 N–H and O–H groups in total. The monoisotopic (exact) mass is 289 g/mol. The van der Waals surface area contributed by atoms with Gasteiger partial charge in [0.25, 0.3) is 0 Å². The van der Waals surface area contributed by atoms with Crippen molar-refractivity contribution in [2.45, 2.75) is 58.2 Å². The summed E-state index contributed by atoms with van der Waals surface area (Å²) in [6.07, 6.45) is 2.56. The maximum atomic E-state index is 6.48. The SMILES string of the molecule is CCn1nc(CC(N)C(CC)(CC)OC)c2ccccc21. The van der Waals surface area contributed by atoms with Gasteiger partial charge in [-0.3, -0.25) is 4.68 Å². The molecule has 0 bridgehead atoms. The first-order valence-corrected chi connectivity index (χ1v) is 7.87. The van der Waals surface area contributed by atoms with Crippen LogP contribution in [-0.4, -0.2) is 28.5 Å². The molecule has 21 heavy (non-hydrogen) atoms. The molecule has 0 aliphatic carbocycles. The lowest BCUT2D eigenvalue weighted by molar-refractivity contribution is -0.0375. The lowest BCUT2D eigenvalue weighted by Gasteiger charge is -2.36. The molecule has 1 unspecified atom stereocenters. The molecule has 0 spiro atoms. The Balaban J connectivity index is 2.35. The molecule has 1 heterocycles. The molecular formula is C17H27N3O. The van der Waals surface area contributed by atoms with Crippen LogP contribution < -0.4 is 5.73 Å². The first kappa shape index (κ1) is 16.0. The molecule has 0 radical (unpaired) electrons. The van der Waals surface area contributed by atoms with Gasteiger partial charge in [0, 0.05) is 31.5 Å². The van der Waals surface area contributed by atoms with Crippen LogP contribution in [0.15, 0.2) is 24.3 Å². The Kier molecular flexibility index (Phi) is 5.01. The Hall–Kier alpha value is -1.39. The summed E-state index contributed by atoms with van der Waals surface area (Å²) in [6.45, 7) is 7.25. The summed E-state index contributed by atoms with van der Waals surface area (Å²) >= 11 is 0. The number of nitrogens with two attached hydrogens (primary N) is 1. The molecule has 0 aliphatic rings. The van der Waals surface area contributed by atoms with Gasteiger partial charge in [-0.1, -0.05) is 32.0 Å². The zero-order valence-electron chi connectivity index (χ0n) is 13.6. The largest absolute Gasteiger partial charge is 0.377 e. The Morgan fingerprint density at radius 2 is 1.90 bits per heavy atom. The summed E-state index contributed by atoms with van der Waals surface area (Å²) in [6, 6.07) is 8.30. The van der Waals surface area contributed by atoms with Gasteiger partial charge in [0.15, 0.2) is 0 Å². The molecule has 0 aliphatic heterocycles. The first-order valence-electron chi connectivity index (χ1n) is 7.87. The number of hydrogen-bond donors (Lipinski definition) is 1. The van der Waals surface area contributed by atoms with Gasteiger partial charge in [0.2, 0.25) is 0 Å². The predicted octanol–water partition coefficient (Wildman–Crippen LogP) is 3.13. The average Bonchev–Trinajstić information content (AvgIpc) is 2.88. The molecule has 1 atom stereocenters. The molecule has 0 fully saturated rings. The van der Waals surface area contributed by atoms with Gasteiger partial charge in [-0.2, -0.15) is 5.10 Å². The first-order chi connectivity index (χ1) is 10.1. The molecule has 1 aromatic heterocycles. The van der Waals surface area contributed by atoms with Crippen LogP contribution in [0, 0.1) is 0 Å². The molecule has 0 amide bonds. The van der Waals surface area contributed by atoms with Crippen LogP contribution in [-0.2, 0) is 17.7 Å².